The van der Waals surface area contributed by atoms with Crippen LogP contribution < -0.4 is 20.1 Å². The average Bonchev–Trinajstić information content (AvgIpc) is 3.00. The Hall–Kier alpha value is -3.44. The summed E-state index contributed by atoms with van der Waals surface area (Å²) in [6, 6.07) is 21.0. The second-order valence-electron chi connectivity index (χ2n) is 8.30. The Kier molecular flexibility index (Phi) is 5.73. The van der Waals surface area contributed by atoms with Gasteiger partial charge in [0.1, 0.15) is 11.5 Å². The fraction of sp³-hybridized carbons (Fsp3) is 0.222. The number of Topliss-reactive ketones (excluding diaryl/α,β-unsaturated/α-hetero) is 1. The summed E-state index contributed by atoms with van der Waals surface area (Å²) < 4.78 is 11.2. The summed E-state index contributed by atoms with van der Waals surface area (Å²) in [5.41, 5.74) is 5.34. The lowest BCUT2D eigenvalue weighted by atomic mass is 9.78. The van der Waals surface area contributed by atoms with Crippen molar-refractivity contribution in [3.63, 3.8) is 0 Å². The highest BCUT2D eigenvalue weighted by atomic mass is 35.5. The molecule has 1 aliphatic heterocycles. The number of benzene rings is 3. The molecule has 0 bridgehead atoms. The molecule has 2 N–H and O–H groups in total. The number of fused-ring (bicyclic) bond motifs is 1. The lowest BCUT2D eigenvalue weighted by Gasteiger charge is -2.30. The first-order valence-electron chi connectivity index (χ1n) is 10.9. The quantitative estimate of drug-likeness (QED) is 0.476. The molecule has 0 aromatic heterocycles. The van der Waals surface area contributed by atoms with Gasteiger partial charge in [-0.15, -0.1) is 0 Å². The largest absolute Gasteiger partial charge is 0.497 e. The molecular weight excluding hydrogens is 436 g/mol. The summed E-state index contributed by atoms with van der Waals surface area (Å²) >= 11 is 6.50. The van der Waals surface area contributed by atoms with E-state index in [1.54, 1.807) is 14.2 Å². The van der Waals surface area contributed by atoms with Crippen LogP contribution in [0.3, 0.4) is 0 Å². The Labute approximate surface area is 198 Å². The number of hydrogen-bond donors (Lipinski definition) is 2. The normalized spacial score (nSPS) is 19.5. The van der Waals surface area contributed by atoms with Gasteiger partial charge in [-0.25, -0.2) is 0 Å². The number of para-hydroxylation sites is 2. The van der Waals surface area contributed by atoms with Crippen molar-refractivity contribution in [2.45, 2.75) is 24.8 Å². The van der Waals surface area contributed by atoms with Gasteiger partial charge in [0.25, 0.3) is 0 Å². The first kappa shape index (κ1) is 21.4. The fourth-order valence-electron chi connectivity index (χ4n) is 4.82. The molecule has 1 aliphatic carbocycles. The SMILES string of the molecule is COc1ccc(OC)c([C@@H]2Nc3ccccc3NC3=C2C(=O)C[C@H](c2ccccc2Cl)C3)c1. The van der Waals surface area contributed by atoms with Gasteiger partial charge < -0.3 is 20.1 Å². The zero-order valence-corrected chi connectivity index (χ0v) is 19.3. The third kappa shape index (κ3) is 3.93. The molecular formula is C27H25ClN2O3. The minimum absolute atomic E-state index is 0.00978. The first-order valence-corrected chi connectivity index (χ1v) is 11.3. The lowest BCUT2D eigenvalue weighted by molar-refractivity contribution is -0.116. The van der Waals surface area contributed by atoms with Crippen LogP contribution in [0.1, 0.15) is 35.9 Å². The summed E-state index contributed by atoms with van der Waals surface area (Å²) in [6.07, 6.45) is 1.08. The Morgan fingerprint density at radius 1 is 0.879 bits per heavy atom. The van der Waals surface area contributed by atoms with E-state index in [1.165, 1.54) is 0 Å². The molecule has 2 atom stereocenters. The molecule has 0 saturated carbocycles. The monoisotopic (exact) mass is 460 g/mol. The van der Waals surface area contributed by atoms with Crippen LogP contribution in [0.2, 0.25) is 5.02 Å². The maximum atomic E-state index is 13.7. The van der Waals surface area contributed by atoms with Crippen LogP contribution in [0.25, 0.3) is 0 Å². The topological polar surface area (TPSA) is 59.6 Å². The fourth-order valence-corrected chi connectivity index (χ4v) is 5.11. The van der Waals surface area contributed by atoms with Crippen molar-refractivity contribution < 1.29 is 14.3 Å². The number of rotatable bonds is 4. The second-order valence-corrected chi connectivity index (χ2v) is 8.71. The van der Waals surface area contributed by atoms with E-state index in [0.29, 0.717) is 29.4 Å². The Morgan fingerprint density at radius 3 is 2.39 bits per heavy atom. The minimum Gasteiger partial charge on any atom is -0.497 e. The molecule has 0 amide bonds. The van der Waals surface area contributed by atoms with Crippen LogP contribution in [0.15, 0.2) is 78.0 Å². The zero-order valence-electron chi connectivity index (χ0n) is 18.5. The molecule has 5 nitrogen and oxygen atoms in total. The number of ether oxygens (including phenoxy) is 2. The second kappa shape index (κ2) is 8.83. The van der Waals surface area contributed by atoms with Crippen LogP contribution in [-0.2, 0) is 4.79 Å². The molecule has 0 unspecified atom stereocenters. The molecule has 5 rings (SSSR count). The van der Waals surface area contributed by atoms with E-state index in [9.17, 15) is 4.79 Å². The van der Waals surface area contributed by atoms with Gasteiger partial charge in [0.05, 0.1) is 31.6 Å². The summed E-state index contributed by atoms with van der Waals surface area (Å²) in [5, 5.41) is 7.84. The van der Waals surface area contributed by atoms with E-state index < -0.39 is 0 Å². The van der Waals surface area contributed by atoms with Gasteiger partial charge in [0, 0.05) is 28.3 Å². The van der Waals surface area contributed by atoms with Gasteiger partial charge in [0.2, 0.25) is 0 Å². The lowest BCUT2D eigenvalue weighted by Crippen LogP contribution is -2.27. The van der Waals surface area contributed by atoms with Crippen molar-refractivity contribution in [1.29, 1.82) is 0 Å². The van der Waals surface area contributed by atoms with Crippen molar-refractivity contribution in [3.8, 4) is 11.5 Å². The third-order valence-corrected chi connectivity index (χ3v) is 6.75. The van der Waals surface area contributed by atoms with Crippen LogP contribution in [-0.4, -0.2) is 20.0 Å². The maximum Gasteiger partial charge on any atom is 0.163 e. The van der Waals surface area contributed by atoms with Crippen molar-refractivity contribution in [1.82, 2.24) is 0 Å². The number of anilines is 2. The Balaban J connectivity index is 1.66. The number of hydrogen-bond acceptors (Lipinski definition) is 5. The van der Waals surface area contributed by atoms with Gasteiger partial charge in [-0.2, -0.15) is 0 Å². The molecule has 3 aromatic rings. The molecule has 0 fully saturated rings. The molecule has 0 spiro atoms. The highest BCUT2D eigenvalue weighted by Gasteiger charge is 2.37. The van der Waals surface area contributed by atoms with Crippen LogP contribution in [0.4, 0.5) is 11.4 Å². The average molecular weight is 461 g/mol. The van der Waals surface area contributed by atoms with Crippen molar-refractivity contribution in [2.75, 3.05) is 24.9 Å². The summed E-state index contributed by atoms with van der Waals surface area (Å²) in [7, 11) is 3.27. The number of carbonyl (C=O) groups is 1. The van der Waals surface area contributed by atoms with E-state index in [1.807, 2.05) is 66.7 Å². The highest BCUT2D eigenvalue weighted by Crippen LogP contribution is 2.47. The predicted octanol–water partition coefficient (Wildman–Crippen LogP) is 6.34. The summed E-state index contributed by atoms with van der Waals surface area (Å²) in [4.78, 5) is 13.7. The molecule has 6 heteroatoms. The molecule has 3 aromatic carbocycles. The molecule has 168 valence electrons. The van der Waals surface area contributed by atoms with E-state index in [2.05, 4.69) is 10.6 Å². The third-order valence-electron chi connectivity index (χ3n) is 6.40. The molecule has 1 heterocycles. The highest BCUT2D eigenvalue weighted by molar-refractivity contribution is 6.31. The smallest absolute Gasteiger partial charge is 0.163 e. The Bertz CT molecular complexity index is 1250. The van der Waals surface area contributed by atoms with Crippen molar-refractivity contribution >= 4 is 28.8 Å². The maximum absolute atomic E-state index is 13.7. The molecule has 0 radical (unpaired) electrons. The molecule has 2 aliphatic rings. The van der Waals surface area contributed by atoms with Gasteiger partial charge in [0.15, 0.2) is 5.78 Å². The number of halogens is 1. The standard InChI is InChI=1S/C27H25ClN2O3/c1-32-17-11-12-25(33-2)19(15-17)27-26-23(29-21-9-5-6-10-22(21)30-27)13-16(14-24(26)31)18-7-3-4-8-20(18)28/h3-12,15-16,27,29-30H,13-14H2,1-2H3/t16-,27+/m1/s1. The van der Waals surface area contributed by atoms with Crippen molar-refractivity contribution in [3.05, 3.63) is 94.1 Å². The zero-order chi connectivity index (χ0) is 22.9. The number of allylic oxidation sites excluding steroid dienone is 1. The minimum atomic E-state index is -0.388. The van der Waals surface area contributed by atoms with Crippen LogP contribution in [0.5, 0.6) is 11.5 Å². The van der Waals surface area contributed by atoms with E-state index in [4.69, 9.17) is 21.1 Å². The van der Waals surface area contributed by atoms with Crippen LogP contribution >= 0.6 is 11.6 Å². The van der Waals surface area contributed by atoms with Gasteiger partial charge in [-0.3, -0.25) is 4.79 Å². The Morgan fingerprint density at radius 2 is 1.64 bits per heavy atom. The van der Waals surface area contributed by atoms with Crippen LogP contribution in [0, 0.1) is 0 Å². The van der Waals surface area contributed by atoms with Gasteiger partial charge >= 0.3 is 0 Å². The number of carbonyl (C=O) groups excluding carboxylic acids is 1. The van der Waals surface area contributed by atoms with Crippen molar-refractivity contribution in [2.24, 2.45) is 0 Å². The van der Waals surface area contributed by atoms with E-state index in [0.717, 1.165) is 33.8 Å². The summed E-state index contributed by atoms with van der Waals surface area (Å²) in [6.45, 7) is 0. The number of nitrogens with one attached hydrogen (secondary N) is 2. The molecule has 0 saturated heterocycles. The van der Waals surface area contributed by atoms with Gasteiger partial charge in [-0.1, -0.05) is 41.9 Å². The van der Waals surface area contributed by atoms with E-state index >= 15 is 0 Å². The van der Waals surface area contributed by atoms with E-state index in [-0.39, 0.29) is 17.7 Å². The summed E-state index contributed by atoms with van der Waals surface area (Å²) in [5.74, 6) is 1.50. The predicted molar refractivity (Wildman–Crippen MR) is 131 cm³/mol. The number of methoxy groups -OCH3 is 2. The van der Waals surface area contributed by atoms with Gasteiger partial charge in [-0.05, 0) is 54.3 Å². The first-order chi connectivity index (χ1) is 16.1. The molecule has 33 heavy (non-hydrogen) atoms. The number of ketones is 1.